The highest BCUT2D eigenvalue weighted by Gasteiger charge is 2.38. The van der Waals surface area contributed by atoms with Gasteiger partial charge in [-0.1, -0.05) is 6.07 Å². The Morgan fingerprint density at radius 3 is 2.49 bits per heavy atom. The summed E-state index contributed by atoms with van der Waals surface area (Å²) < 4.78 is 27.0. The number of aromatic nitrogens is 2. The number of hydrogen-bond donors (Lipinski definition) is 1. The third kappa shape index (κ3) is 4.97. The van der Waals surface area contributed by atoms with Crippen LogP contribution in [0.3, 0.4) is 0 Å². The van der Waals surface area contributed by atoms with Crippen LogP contribution in [0, 0.1) is 0 Å². The van der Waals surface area contributed by atoms with Gasteiger partial charge in [0.15, 0.2) is 11.5 Å². The van der Waals surface area contributed by atoms with Gasteiger partial charge in [-0.05, 0) is 53.5 Å². The zero-order valence-corrected chi connectivity index (χ0v) is 21.7. The molecule has 9 nitrogen and oxygen atoms in total. The smallest absolute Gasteiger partial charge is 0.254 e. The van der Waals surface area contributed by atoms with Gasteiger partial charge in [0, 0.05) is 43.0 Å². The molecule has 10 heteroatoms. The first-order chi connectivity index (χ1) is 17.0. The lowest BCUT2D eigenvalue weighted by Gasteiger charge is -2.28. The van der Waals surface area contributed by atoms with Gasteiger partial charge in [-0.3, -0.25) is 4.79 Å². The van der Waals surface area contributed by atoms with Crippen molar-refractivity contribution in [3.8, 4) is 11.5 Å². The molecule has 0 spiro atoms. The maximum atomic E-state index is 13.2. The second-order valence-corrected chi connectivity index (χ2v) is 8.79. The van der Waals surface area contributed by atoms with Gasteiger partial charge in [-0.2, -0.15) is 0 Å². The average Bonchev–Trinajstić information content (AvgIpc) is 3.18. The van der Waals surface area contributed by atoms with E-state index < -0.39 is 10.6 Å². The van der Waals surface area contributed by atoms with Crippen molar-refractivity contribution >= 4 is 38.4 Å². The predicted octanol–water partition coefficient (Wildman–Crippen LogP) is 4.33. The third-order valence-electron chi connectivity index (χ3n) is 5.66. The van der Waals surface area contributed by atoms with Crippen molar-refractivity contribution in [3.05, 3.63) is 53.5 Å². The number of nitrogens with zero attached hydrogens (tertiary/aromatic N) is 2. The fourth-order valence-corrected chi connectivity index (χ4v) is 4.82. The van der Waals surface area contributed by atoms with Crippen molar-refractivity contribution in [2.75, 3.05) is 46.0 Å². The lowest BCUT2D eigenvalue weighted by molar-refractivity contribution is -0.166. The maximum absolute atomic E-state index is 13.2. The third-order valence-corrected chi connectivity index (χ3v) is 6.57. The van der Waals surface area contributed by atoms with Crippen LogP contribution >= 0.6 is 15.9 Å². The highest BCUT2D eigenvalue weighted by Crippen LogP contribution is 2.44. The van der Waals surface area contributed by atoms with Gasteiger partial charge in [-0.15, -0.1) is 0 Å². The summed E-state index contributed by atoms with van der Waals surface area (Å²) in [6.45, 7) is 5.47. The molecule has 2 heterocycles. The fraction of sp³-hybridized carbons (Fsp3) is 0.400. The van der Waals surface area contributed by atoms with Gasteiger partial charge in [0.05, 0.1) is 24.9 Å². The molecular formula is C25H28BrN3O6. The minimum atomic E-state index is -1.12. The van der Waals surface area contributed by atoms with Crippen LogP contribution < -0.4 is 14.8 Å². The van der Waals surface area contributed by atoms with E-state index in [1.54, 1.807) is 26.4 Å². The number of ether oxygens (including phenoxy) is 5. The topological polar surface area (TPSA) is 101 Å². The highest BCUT2D eigenvalue weighted by molar-refractivity contribution is 9.09. The monoisotopic (exact) mass is 545 g/mol. The number of carbonyl (C=O) groups is 1. The summed E-state index contributed by atoms with van der Waals surface area (Å²) in [6, 6.07) is 9.21. The minimum Gasteiger partial charge on any atom is -0.493 e. The molecule has 0 fully saturated rings. The number of halogens is 1. The van der Waals surface area contributed by atoms with Crippen LogP contribution in [0.15, 0.2) is 36.7 Å². The highest BCUT2D eigenvalue weighted by atomic mass is 79.9. The van der Waals surface area contributed by atoms with Gasteiger partial charge in [0.2, 0.25) is 5.91 Å². The van der Waals surface area contributed by atoms with Crippen LogP contribution in [-0.4, -0.2) is 56.5 Å². The molecule has 1 amide bonds. The summed E-state index contributed by atoms with van der Waals surface area (Å²) in [6.07, 6.45) is 1.45. The molecule has 1 aliphatic rings. The zero-order chi connectivity index (χ0) is 25.0. The van der Waals surface area contributed by atoms with Crippen molar-refractivity contribution in [2.24, 2.45) is 0 Å². The minimum absolute atomic E-state index is 0.176. The summed E-state index contributed by atoms with van der Waals surface area (Å²) in [5.74, 6) is 0.229. The van der Waals surface area contributed by atoms with Crippen molar-refractivity contribution in [3.63, 3.8) is 0 Å². The number of carbonyl (C=O) groups excluding carboxylic acids is 1. The van der Waals surface area contributed by atoms with E-state index in [4.69, 9.17) is 23.7 Å². The SMILES string of the molecule is CCOC(Br)(OCC)c1ccc2c(c1)C(c1ncnc3cc(OCCOC)c(OC)cc13)C(=O)N2. The van der Waals surface area contributed by atoms with Crippen LogP contribution in [0.5, 0.6) is 11.5 Å². The van der Waals surface area contributed by atoms with Crippen molar-refractivity contribution in [1.82, 2.24) is 9.97 Å². The quantitative estimate of drug-likeness (QED) is 0.216. The Balaban J connectivity index is 1.80. The number of benzene rings is 2. The summed E-state index contributed by atoms with van der Waals surface area (Å²) in [4.78, 5) is 22.1. The molecule has 186 valence electrons. The summed E-state index contributed by atoms with van der Waals surface area (Å²) in [7, 11) is 3.17. The summed E-state index contributed by atoms with van der Waals surface area (Å²) in [5, 5.41) is 3.66. The average molecular weight is 546 g/mol. The molecule has 1 N–H and O–H groups in total. The van der Waals surface area contributed by atoms with E-state index in [1.165, 1.54) is 6.33 Å². The molecule has 0 radical (unpaired) electrons. The molecule has 3 aromatic rings. The Hall–Kier alpha value is -2.79. The molecular weight excluding hydrogens is 518 g/mol. The maximum Gasteiger partial charge on any atom is 0.254 e. The Kier molecular flexibility index (Phi) is 7.85. The molecule has 35 heavy (non-hydrogen) atoms. The van der Waals surface area contributed by atoms with Crippen LogP contribution in [0.25, 0.3) is 10.9 Å². The van der Waals surface area contributed by atoms with Crippen molar-refractivity contribution in [2.45, 2.75) is 24.5 Å². The van der Waals surface area contributed by atoms with E-state index in [-0.39, 0.29) is 5.91 Å². The van der Waals surface area contributed by atoms with E-state index in [0.29, 0.717) is 60.2 Å². The largest absolute Gasteiger partial charge is 0.493 e. The molecule has 0 saturated heterocycles. The van der Waals surface area contributed by atoms with Crippen molar-refractivity contribution < 1.29 is 28.5 Å². The molecule has 1 atom stereocenters. The van der Waals surface area contributed by atoms with Crippen LogP contribution in [0.1, 0.15) is 36.6 Å². The predicted molar refractivity (Wildman–Crippen MR) is 134 cm³/mol. The normalized spacial score (nSPS) is 15.2. The van der Waals surface area contributed by atoms with Gasteiger partial charge >= 0.3 is 0 Å². The van der Waals surface area contributed by atoms with Crippen LogP contribution in [-0.2, 0) is 23.7 Å². The lowest BCUT2D eigenvalue weighted by Crippen LogP contribution is -2.26. The second kappa shape index (κ2) is 10.9. The fourth-order valence-electron chi connectivity index (χ4n) is 4.12. The molecule has 1 aliphatic heterocycles. The molecule has 0 bridgehead atoms. The number of fused-ring (bicyclic) bond motifs is 2. The first-order valence-corrected chi connectivity index (χ1v) is 12.1. The first kappa shape index (κ1) is 25.3. The number of nitrogens with one attached hydrogen (secondary N) is 1. The molecule has 2 aromatic carbocycles. The van der Waals surface area contributed by atoms with E-state index >= 15 is 0 Å². The Bertz CT molecular complexity index is 1220. The Morgan fingerprint density at radius 2 is 1.80 bits per heavy atom. The molecule has 0 aliphatic carbocycles. The van der Waals surface area contributed by atoms with Crippen molar-refractivity contribution in [1.29, 1.82) is 0 Å². The lowest BCUT2D eigenvalue weighted by atomic mass is 9.92. The van der Waals surface area contributed by atoms with E-state index in [9.17, 15) is 4.79 Å². The van der Waals surface area contributed by atoms with Gasteiger partial charge in [0.1, 0.15) is 18.9 Å². The second-order valence-electron chi connectivity index (χ2n) is 7.75. The number of anilines is 1. The number of alkyl halides is 1. The van der Waals surface area contributed by atoms with E-state index in [2.05, 4.69) is 31.2 Å². The molecule has 0 saturated carbocycles. The van der Waals surface area contributed by atoms with Gasteiger partial charge < -0.3 is 29.0 Å². The van der Waals surface area contributed by atoms with E-state index in [0.717, 1.165) is 11.1 Å². The van der Waals surface area contributed by atoms with Gasteiger partial charge in [-0.25, -0.2) is 9.97 Å². The number of hydrogen-bond acceptors (Lipinski definition) is 8. The number of rotatable bonds is 11. The van der Waals surface area contributed by atoms with Gasteiger partial charge in [0.25, 0.3) is 4.70 Å². The summed E-state index contributed by atoms with van der Waals surface area (Å²) in [5.41, 5.74) is 3.43. The first-order valence-electron chi connectivity index (χ1n) is 11.3. The summed E-state index contributed by atoms with van der Waals surface area (Å²) >= 11 is 3.59. The van der Waals surface area contributed by atoms with E-state index in [1.807, 2.05) is 32.0 Å². The zero-order valence-electron chi connectivity index (χ0n) is 20.1. The number of methoxy groups -OCH3 is 2. The van der Waals surface area contributed by atoms with Crippen LogP contribution in [0.2, 0.25) is 0 Å². The standard InChI is InChI=1S/C25H28BrN3O6/c1-5-34-25(26,35-6-2)15-7-8-18-16(11-15)22(24(30)29-18)23-17-12-20(32-4)21(33-10-9-31-3)13-19(17)27-14-28-23/h7-8,11-14,22H,5-6,9-10H2,1-4H3,(H,29,30). The number of amides is 1. The molecule has 4 rings (SSSR count). The molecule has 1 unspecified atom stereocenters. The van der Waals surface area contributed by atoms with Crippen LogP contribution in [0.4, 0.5) is 5.69 Å². The Labute approximate surface area is 212 Å². The Morgan fingerprint density at radius 1 is 1.03 bits per heavy atom. The molecule has 1 aromatic heterocycles.